The molecule has 0 radical (unpaired) electrons. The number of hydrogen-bond donors (Lipinski definition) is 0. The zero-order valence-electron chi connectivity index (χ0n) is 9.87. The van der Waals surface area contributed by atoms with E-state index in [4.69, 9.17) is 4.74 Å². The van der Waals surface area contributed by atoms with Crippen LogP contribution >= 0.6 is 15.9 Å². The number of aromatic nitrogens is 3. The van der Waals surface area contributed by atoms with Crippen molar-refractivity contribution in [2.24, 2.45) is 5.41 Å². The SMILES string of the molecule is Cc1nc(C)n(CC2(CBr)CCOCC2)n1. The molecule has 1 aromatic rings. The van der Waals surface area contributed by atoms with E-state index >= 15 is 0 Å². The molecule has 0 saturated carbocycles. The molecule has 0 N–H and O–H groups in total. The van der Waals surface area contributed by atoms with Crippen molar-refractivity contribution in [3.8, 4) is 0 Å². The molecule has 2 heterocycles. The van der Waals surface area contributed by atoms with Crippen molar-refractivity contribution in [2.75, 3.05) is 18.5 Å². The van der Waals surface area contributed by atoms with Gasteiger partial charge in [0.15, 0.2) is 0 Å². The molecule has 1 aliphatic rings. The Kier molecular flexibility index (Phi) is 3.64. The van der Waals surface area contributed by atoms with Gasteiger partial charge in [0, 0.05) is 30.5 Å². The highest BCUT2D eigenvalue weighted by atomic mass is 79.9. The molecule has 0 bridgehead atoms. The molecular formula is C11H18BrN3O. The quantitative estimate of drug-likeness (QED) is 0.800. The van der Waals surface area contributed by atoms with Gasteiger partial charge in [-0.05, 0) is 26.7 Å². The van der Waals surface area contributed by atoms with Gasteiger partial charge in [-0.25, -0.2) is 9.67 Å². The van der Waals surface area contributed by atoms with Crippen LogP contribution in [0.2, 0.25) is 0 Å². The number of nitrogens with zero attached hydrogens (tertiary/aromatic N) is 3. The Bertz CT molecular complexity index is 358. The van der Waals surface area contributed by atoms with Gasteiger partial charge in [-0.2, -0.15) is 5.10 Å². The monoisotopic (exact) mass is 287 g/mol. The summed E-state index contributed by atoms with van der Waals surface area (Å²) in [6, 6.07) is 0. The van der Waals surface area contributed by atoms with Gasteiger partial charge in [0.25, 0.3) is 0 Å². The lowest BCUT2D eigenvalue weighted by Gasteiger charge is -2.35. The lowest BCUT2D eigenvalue weighted by molar-refractivity contribution is 0.0166. The summed E-state index contributed by atoms with van der Waals surface area (Å²) >= 11 is 3.64. The van der Waals surface area contributed by atoms with Crippen molar-refractivity contribution in [3.05, 3.63) is 11.6 Å². The van der Waals surface area contributed by atoms with Crippen LogP contribution < -0.4 is 0 Å². The second-order valence-corrected chi connectivity index (χ2v) is 5.17. The Hall–Kier alpha value is -0.420. The summed E-state index contributed by atoms with van der Waals surface area (Å²) in [6.07, 6.45) is 2.19. The summed E-state index contributed by atoms with van der Waals surface area (Å²) in [4.78, 5) is 4.35. The highest BCUT2D eigenvalue weighted by molar-refractivity contribution is 9.09. The number of rotatable bonds is 3. The minimum Gasteiger partial charge on any atom is -0.381 e. The van der Waals surface area contributed by atoms with Gasteiger partial charge in [-0.3, -0.25) is 0 Å². The Balaban J connectivity index is 2.14. The minimum absolute atomic E-state index is 0.281. The second kappa shape index (κ2) is 4.84. The summed E-state index contributed by atoms with van der Waals surface area (Å²) in [7, 11) is 0. The Morgan fingerprint density at radius 2 is 2.06 bits per heavy atom. The number of alkyl halides is 1. The third-order valence-corrected chi connectivity index (χ3v) is 4.47. The summed E-state index contributed by atoms with van der Waals surface area (Å²) in [5.41, 5.74) is 0.281. The molecule has 0 aliphatic carbocycles. The van der Waals surface area contributed by atoms with Crippen LogP contribution in [0.1, 0.15) is 24.5 Å². The van der Waals surface area contributed by atoms with Crippen LogP contribution in [0.5, 0.6) is 0 Å². The fraction of sp³-hybridized carbons (Fsp3) is 0.818. The van der Waals surface area contributed by atoms with E-state index < -0.39 is 0 Å². The average Bonchev–Trinajstić information content (AvgIpc) is 2.59. The predicted octanol–water partition coefficient (Wildman–Crippen LogP) is 2.09. The molecule has 0 unspecified atom stereocenters. The smallest absolute Gasteiger partial charge is 0.147 e. The first-order valence-corrected chi connectivity index (χ1v) is 6.79. The highest BCUT2D eigenvalue weighted by Gasteiger charge is 2.32. The first-order valence-electron chi connectivity index (χ1n) is 5.67. The van der Waals surface area contributed by atoms with E-state index in [0.717, 1.165) is 49.6 Å². The molecule has 1 aromatic heterocycles. The van der Waals surface area contributed by atoms with Crippen molar-refractivity contribution in [1.29, 1.82) is 0 Å². The molecule has 1 fully saturated rings. The van der Waals surface area contributed by atoms with Gasteiger partial charge in [0.2, 0.25) is 0 Å². The Morgan fingerprint density at radius 1 is 1.38 bits per heavy atom. The van der Waals surface area contributed by atoms with Gasteiger partial charge >= 0.3 is 0 Å². The molecule has 4 nitrogen and oxygen atoms in total. The number of aryl methyl sites for hydroxylation is 2. The largest absolute Gasteiger partial charge is 0.381 e. The molecule has 0 atom stereocenters. The second-order valence-electron chi connectivity index (χ2n) is 4.61. The van der Waals surface area contributed by atoms with Gasteiger partial charge in [0.1, 0.15) is 11.6 Å². The number of halogens is 1. The van der Waals surface area contributed by atoms with Crippen molar-refractivity contribution in [1.82, 2.24) is 14.8 Å². The molecule has 1 saturated heterocycles. The van der Waals surface area contributed by atoms with Crippen molar-refractivity contribution in [3.63, 3.8) is 0 Å². The van der Waals surface area contributed by atoms with E-state index in [1.807, 2.05) is 18.5 Å². The molecule has 1 aliphatic heterocycles. The maximum atomic E-state index is 5.43. The summed E-state index contributed by atoms with van der Waals surface area (Å²) in [5, 5.41) is 5.44. The van der Waals surface area contributed by atoms with Gasteiger partial charge in [-0.1, -0.05) is 15.9 Å². The van der Waals surface area contributed by atoms with E-state index in [2.05, 4.69) is 26.0 Å². The third kappa shape index (κ3) is 2.46. The van der Waals surface area contributed by atoms with Gasteiger partial charge in [-0.15, -0.1) is 0 Å². The van der Waals surface area contributed by atoms with Crippen LogP contribution in [-0.2, 0) is 11.3 Å². The van der Waals surface area contributed by atoms with Crippen molar-refractivity contribution >= 4 is 15.9 Å². The van der Waals surface area contributed by atoms with E-state index in [0.29, 0.717) is 0 Å². The fourth-order valence-corrected chi connectivity index (χ4v) is 2.91. The van der Waals surface area contributed by atoms with E-state index in [1.165, 1.54) is 0 Å². The zero-order valence-corrected chi connectivity index (χ0v) is 11.5. The average molecular weight is 288 g/mol. The Morgan fingerprint density at radius 3 is 2.56 bits per heavy atom. The van der Waals surface area contributed by atoms with Crippen LogP contribution in [0.25, 0.3) is 0 Å². The molecule has 5 heteroatoms. The molecule has 16 heavy (non-hydrogen) atoms. The molecule has 0 aromatic carbocycles. The van der Waals surface area contributed by atoms with Crippen LogP contribution in [0.4, 0.5) is 0 Å². The summed E-state index contributed by atoms with van der Waals surface area (Å²) < 4.78 is 7.46. The molecule has 0 spiro atoms. The number of ether oxygens (including phenoxy) is 1. The first kappa shape index (κ1) is 12.0. The Labute approximate surface area is 105 Å². The van der Waals surface area contributed by atoms with Crippen molar-refractivity contribution in [2.45, 2.75) is 33.2 Å². The standard InChI is InChI=1S/C11H18BrN3O/c1-9-13-10(2)15(14-9)8-11(7-12)3-5-16-6-4-11/h3-8H2,1-2H3. The summed E-state index contributed by atoms with van der Waals surface area (Å²) in [6.45, 7) is 6.61. The third-order valence-electron chi connectivity index (χ3n) is 3.28. The van der Waals surface area contributed by atoms with Crippen molar-refractivity contribution < 1.29 is 4.74 Å². The maximum absolute atomic E-state index is 5.43. The van der Waals surface area contributed by atoms with E-state index in [1.54, 1.807) is 0 Å². The van der Waals surface area contributed by atoms with E-state index in [-0.39, 0.29) is 5.41 Å². The van der Waals surface area contributed by atoms with E-state index in [9.17, 15) is 0 Å². The van der Waals surface area contributed by atoms with Crippen LogP contribution in [0.3, 0.4) is 0 Å². The van der Waals surface area contributed by atoms with Crippen LogP contribution in [0, 0.1) is 19.3 Å². The lowest BCUT2D eigenvalue weighted by Crippen LogP contribution is -2.36. The van der Waals surface area contributed by atoms with Crippen LogP contribution in [0.15, 0.2) is 0 Å². The molecule has 2 rings (SSSR count). The predicted molar refractivity (Wildman–Crippen MR) is 65.8 cm³/mol. The highest BCUT2D eigenvalue weighted by Crippen LogP contribution is 2.34. The number of hydrogen-bond acceptors (Lipinski definition) is 3. The molecule has 0 amide bonds. The zero-order chi connectivity index (χ0) is 11.6. The minimum atomic E-state index is 0.281. The molecular weight excluding hydrogens is 270 g/mol. The van der Waals surface area contributed by atoms with Crippen LogP contribution in [-0.4, -0.2) is 33.3 Å². The fourth-order valence-electron chi connectivity index (χ4n) is 2.17. The summed E-state index contributed by atoms with van der Waals surface area (Å²) in [5.74, 6) is 1.86. The normalized spacial score (nSPS) is 19.9. The van der Waals surface area contributed by atoms with Gasteiger partial charge in [0.05, 0.1) is 0 Å². The maximum Gasteiger partial charge on any atom is 0.147 e. The molecule has 90 valence electrons. The van der Waals surface area contributed by atoms with Gasteiger partial charge < -0.3 is 4.74 Å². The lowest BCUT2D eigenvalue weighted by atomic mass is 9.82. The first-order chi connectivity index (χ1) is 7.65. The topological polar surface area (TPSA) is 39.9 Å².